The maximum atomic E-state index is 11.8. The molecule has 0 radical (unpaired) electrons. The van der Waals surface area contributed by atoms with E-state index in [2.05, 4.69) is 31.8 Å². The number of nitrogens with one attached hydrogen (secondary N) is 1. The molecular formula is C14H21NOS. The summed E-state index contributed by atoms with van der Waals surface area (Å²) in [6.07, 6.45) is 3.61. The lowest BCUT2D eigenvalue weighted by Crippen LogP contribution is -2.35. The normalized spacial score (nSPS) is 12.2. The van der Waals surface area contributed by atoms with E-state index in [1.807, 2.05) is 24.3 Å². The van der Waals surface area contributed by atoms with Crippen molar-refractivity contribution in [2.75, 3.05) is 0 Å². The number of benzene rings is 1. The van der Waals surface area contributed by atoms with Gasteiger partial charge in [0.05, 0.1) is 6.42 Å². The van der Waals surface area contributed by atoms with Gasteiger partial charge < -0.3 is 5.32 Å². The van der Waals surface area contributed by atoms with Crippen molar-refractivity contribution in [3.05, 3.63) is 29.8 Å². The van der Waals surface area contributed by atoms with Crippen LogP contribution in [0.5, 0.6) is 0 Å². The molecule has 1 N–H and O–H groups in total. The van der Waals surface area contributed by atoms with Gasteiger partial charge in [-0.15, -0.1) is 12.6 Å². The number of amides is 1. The molecule has 0 fully saturated rings. The van der Waals surface area contributed by atoms with Gasteiger partial charge in [0.2, 0.25) is 5.91 Å². The standard InChI is InChI=1S/C14H21NOS/c1-3-5-12(4-2)15-14(16)10-11-6-8-13(17)9-7-11/h6-9,12,17H,3-5,10H2,1-2H3,(H,15,16). The maximum Gasteiger partial charge on any atom is 0.224 e. The van der Waals surface area contributed by atoms with Gasteiger partial charge in [0.1, 0.15) is 0 Å². The number of hydrogen-bond acceptors (Lipinski definition) is 2. The van der Waals surface area contributed by atoms with Crippen molar-refractivity contribution >= 4 is 18.5 Å². The van der Waals surface area contributed by atoms with Crippen LogP contribution in [0.15, 0.2) is 29.2 Å². The summed E-state index contributed by atoms with van der Waals surface area (Å²) in [7, 11) is 0. The zero-order valence-corrected chi connectivity index (χ0v) is 11.5. The van der Waals surface area contributed by atoms with E-state index in [0.29, 0.717) is 12.5 Å². The van der Waals surface area contributed by atoms with Crippen LogP contribution in [0, 0.1) is 0 Å². The van der Waals surface area contributed by atoms with Crippen LogP contribution in [-0.4, -0.2) is 11.9 Å². The highest BCUT2D eigenvalue weighted by Gasteiger charge is 2.09. The van der Waals surface area contributed by atoms with E-state index in [1.165, 1.54) is 0 Å². The Kier molecular flexibility index (Phi) is 6.12. The first-order valence-electron chi connectivity index (χ1n) is 6.23. The van der Waals surface area contributed by atoms with Gasteiger partial charge in [-0.25, -0.2) is 0 Å². The summed E-state index contributed by atoms with van der Waals surface area (Å²) >= 11 is 4.22. The second kappa shape index (κ2) is 7.38. The molecule has 1 atom stereocenters. The summed E-state index contributed by atoms with van der Waals surface area (Å²) in [6, 6.07) is 8.03. The van der Waals surface area contributed by atoms with Gasteiger partial charge in [-0.3, -0.25) is 4.79 Å². The van der Waals surface area contributed by atoms with Crippen LogP contribution >= 0.6 is 12.6 Å². The van der Waals surface area contributed by atoms with Gasteiger partial charge in [-0.2, -0.15) is 0 Å². The first kappa shape index (κ1) is 14.1. The van der Waals surface area contributed by atoms with Crippen molar-refractivity contribution in [1.82, 2.24) is 5.32 Å². The number of hydrogen-bond donors (Lipinski definition) is 2. The van der Waals surface area contributed by atoms with Gasteiger partial charge in [0.25, 0.3) is 0 Å². The maximum absolute atomic E-state index is 11.8. The van der Waals surface area contributed by atoms with Gasteiger partial charge in [0.15, 0.2) is 0 Å². The zero-order valence-electron chi connectivity index (χ0n) is 10.6. The molecule has 94 valence electrons. The first-order valence-corrected chi connectivity index (χ1v) is 6.67. The lowest BCUT2D eigenvalue weighted by molar-refractivity contribution is -0.121. The van der Waals surface area contributed by atoms with E-state index in [0.717, 1.165) is 29.7 Å². The van der Waals surface area contributed by atoms with E-state index in [4.69, 9.17) is 0 Å². The molecule has 0 aliphatic heterocycles. The number of rotatable bonds is 6. The summed E-state index contributed by atoms with van der Waals surface area (Å²) in [4.78, 5) is 12.7. The third-order valence-corrected chi connectivity index (χ3v) is 3.09. The van der Waals surface area contributed by atoms with Crippen LogP contribution in [0.1, 0.15) is 38.7 Å². The Morgan fingerprint density at radius 2 is 1.94 bits per heavy atom. The minimum Gasteiger partial charge on any atom is -0.353 e. The summed E-state index contributed by atoms with van der Waals surface area (Å²) in [5.41, 5.74) is 1.03. The Hall–Kier alpha value is -0.960. The third kappa shape index (κ3) is 5.26. The minimum atomic E-state index is 0.109. The van der Waals surface area contributed by atoms with E-state index >= 15 is 0 Å². The van der Waals surface area contributed by atoms with Crippen LogP contribution in [0.2, 0.25) is 0 Å². The fourth-order valence-electron chi connectivity index (χ4n) is 1.80. The molecule has 0 saturated heterocycles. The van der Waals surface area contributed by atoms with Crippen molar-refractivity contribution in [2.45, 2.75) is 50.5 Å². The molecule has 0 saturated carbocycles. The van der Waals surface area contributed by atoms with Crippen molar-refractivity contribution in [2.24, 2.45) is 0 Å². The van der Waals surface area contributed by atoms with Crippen molar-refractivity contribution in [1.29, 1.82) is 0 Å². The number of thiol groups is 1. The van der Waals surface area contributed by atoms with E-state index in [-0.39, 0.29) is 5.91 Å². The molecule has 3 heteroatoms. The van der Waals surface area contributed by atoms with Crippen molar-refractivity contribution in [3.63, 3.8) is 0 Å². The lowest BCUT2D eigenvalue weighted by atomic mass is 10.1. The molecule has 0 spiro atoms. The molecule has 1 unspecified atom stereocenters. The Balaban J connectivity index is 2.46. The van der Waals surface area contributed by atoms with Gasteiger partial charge in [-0.05, 0) is 30.5 Å². The Morgan fingerprint density at radius 3 is 2.47 bits per heavy atom. The fourth-order valence-corrected chi connectivity index (χ4v) is 1.95. The third-order valence-electron chi connectivity index (χ3n) is 2.80. The smallest absolute Gasteiger partial charge is 0.224 e. The molecule has 1 rings (SSSR count). The van der Waals surface area contributed by atoms with Crippen LogP contribution in [-0.2, 0) is 11.2 Å². The summed E-state index contributed by atoms with van der Waals surface area (Å²) in [5, 5.41) is 3.07. The van der Waals surface area contributed by atoms with Crippen molar-refractivity contribution < 1.29 is 4.79 Å². The average molecular weight is 251 g/mol. The van der Waals surface area contributed by atoms with Crippen LogP contribution in [0.3, 0.4) is 0 Å². The number of carbonyl (C=O) groups excluding carboxylic acids is 1. The molecule has 17 heavy (non-hydrogen) atoms. The van der Waals surface area contributed by atoms with Gasteiger partial charge >= 0.3 is 0 Å². The molecule has 1 aromatic carbocycles. The lowest BCUT2D eigenvalue weighted by Gasteiger charge is -2.16. The molecular weight excluding hydrogens is 230 g/mol. The largest absolute Gasteiger partial charge is 0.353 e. The molecule has 0 aliphatic carbocycles. The highest BCUT2D eigenvalue weighted by Crippen LogP contribution is 2.09. The van der Waals surface area contributed by atoms with Crippen LogP contribution in [0.25, 0.3) is 0 Å². The summed E-state index contributed by atoms with van der Waals surface area (Å²) < 4.78 is 0. The Morgan fingerprint density at radius 1 is 1.29 bits per heavy atom. The summed E-state index contributed by atoms with van der Waals surface area (Å²) in [6.45, 7) is 4.25. The first-order chi connectivity index (χ1) is 8.15. The highest BCUT2D eigenvalue weighted by atomic mass is 32.1. The zero-order chi connectivity index (χ0) is 12.7. The van der Waals surface area contributed by atoms with Crippen LogP contribution in [0.4, 0.5) is 0 Å². The van der Waals surface area contributed by atoms with E-state index < -0.39 is 0 Å². The average Bonchev–Trinajstić information content (AvgIpc) is 2.31. The molecule has 1 amide bonds. The van der Waals surface area contributed by atoms with Gasteiger partial charge in [-0.1, -0.05) is 32.4 Å². The molecule has 0 aliphatic rings. The molecule has 1 aromatic rings. The Labute approximate surface area is 109 Å². The number of carbonyl (C=O) groups is 1. The second-order valence-electron chi connectivity index (χ2n) is 4.30. The predicted molar refractivity (Wildman–Crippen MR) is 74.5 cm³/mol. The predicted octanol–water partition coefficient (Wildman–Crippen LogP) is 3.21. The highest BCUT2D eigenvalue weighted by molar-refractivity contribution is 7.80. The quantitative estimate of drug-likeness (QED) is 0.747. The van der Waals surface area contributed by atoms with Gasteiger partial charge in [0, 0.05) is 10.9 Å². The van der Waals surface area contributed by atoms with Crippen molar-refractivity contribution in [3.8, 4) is 0 Å². The minimum absolute atomic E-state index is 0.109. The Bertz CT molecular complexity index is 348. The monoisotopic (exact) mass is 251 g/mol. The van der Waals surface area contributed by atoms with E-state index in [1.54, 1.807) is 0 Å². The molecule has 0 aromatic heterocycles. The van der Waals surface area contributed by atoms with E-state index in [9.17, 15) is 4.79 Å². The fraction of sp³-hybridized carbons (Fsp3) is 0.500. The summed E-state index contributed by atoms with van der Waals surface area (Å²) in [5.74, 6) is 0.109. The SMILES string of the molecule is CCCC(CC)NC(=O)Cc1ccc(S)cc1. The van der Waals surface area contributed by atoms with Crippen LogP contribution < -0.4 is 5.32 Å². The second-order valence-corrected chi connectivity index (χ2v) is 4.82. The molecule has 0 heterocycles. The molecule has 0 bridgehead atoms. The topological polar surface area (TPSA) is 29.1 Å². The molecule has 2 nitrogen and oxygen atoms in total.